The summed E-state index contributed by atoms with van der Waals surface area (Å²) in [6.07, 6.45) is 2.34. The van der Waals surface area contributed by atoms with Crippen LogP contribution in [0.2, 0.25) is 0 Å². The van der Waals surface area contributed by atoms with E-state index in [4.69, 9.17) is 5.11 Å². The number of anilines is 1. The molecule has 0 saturated carbocycles. The lowest BCUT2D eigenvalue weighted by molar-refractivity contribution is 0.282. The Kier molecular flexibility index (Phi) is 3.73. The molecule has 0 heterocycles. The van der Waals surface area contributed by atoms with Gasteiger partial charge in [-0.05, 0) is 47.1 Å². The lowest BCUT2D eigenvalue weighted by Crippen LogP contribution is -2.29. The lowest BCUT2D eigenvalue weighted by Gasteiger charge is -2.37. The summed E-state index contributed by atoms with van der Waals surface area (Å²) >= 11 is 0. The minimum atomic E-state index is 0.0979. The van der Waals surface area contributed by atoms with Gasteiger partial charge in [0.15, 0.2) is 0 Å². The molecule has 1 aliphatic rings. The molecule has 110 valence electrons. The van der Waals surface area contributed by atoms with Crippen molar-refractivity contribution in [1.82, 2.24) is 0 Å². The Hall–Kier alpha value is -1.80. The van der Waals surface area contributed by atoms with Gasteiger partial charge in [-0.25, -0.2) is 0 Å². The lowest BCUT2D eigenvalue weighted by atomic mass is 9.71. The number of nitrogens with one attached hydrogen (secondary N) is 1. The molecule has 1 unspecified atom stereocenters. The average molecular weight is 281 g/mol. The zero-order valence-electron chi connectivity index (χ0n) is 12.8. The first-order chi connectivity index (χ1) is 10.1. The molecule has 0 aromatic heterocycles. The van der Waals surface area contributed by atoms with Crippen LogP contribution < -0.4 is 5.32 Å². The number of hydrogen-bond acceptors (Lipinski definition) is 2. The van der Waals surface area contributed by atoms with Gasteiger partial charge in [-0.3, -0.25) is 0 Å². The van der Waals surface area contributed by atoms with Crippen molar-refractivity contribution < 1.29 is 5.11 Å². The second-order valence-electron chi connectivity index (χ2n) is 6.56. The van der Waals surface area contributed by atoms with Crippen LogP contribution in [0, 0.1) is 0 Å². The van der Waals surface area contributed by atoms with Crippen LogP contribution in [0.15, 0.2) is 48.5 Å². The molecule has 1 aliphatic carbocycles. The Morgan fingerprint density at radius 2 is 1.81 bits per heavy atom. The summed E-state index contributed by atoms with van der Waals surface area (Å²) in [5.74, 6) is 0. The number of benzene rings is 2. The zero-order chi connectivity index (χ0) is 14.9. The zero-order valence-corrected chi connectivity index (χ0v) is 12.8. The maximum Gasteiger partial charge on any atom is 0.0681 e. The molecule has 1 atom stereocenters. The topological polar surface area (TPSA) is 32.3 Å². The fraction of sp³-hybridized carbons (Fsp3) is 0.368. The number of rotatable bonds is 3. The van der Waals surface area contributed by atoms with E-state index in [1.807, 2.05) is 24.3 Å². The van der Waals surface area contributed by atoms with Crippen molar-refractivity contribution in [2.24, 2.45) is 0 Å². The van der Waals surface area contributed by atoms with Crippen LogP contribution in [-0.4, -0.2) is 5.11 Å². The Bertz CT molecular complexity index is 616. The van der Waals surface area contributed by atoms with Crippen LogP contribution in [0.5, 0.6) is 0 Å². The van der Waals surface area contributed by atoms with Crippen molar-refractivity contribution in [3.63, 3.8) is 0 Å². The van der Waals surface area contributed by atoms with Crippen LogP contribution in [-0.2, 0) is 12.0 Å². The van der Waals surface area contributed by atoms with Crippen LogP contribution in [0.3, 0.4) is 0 Å². The first-order valence-corrected chi connectivity index (χ1v) is 7.66. The highest BCUT2D eigenvalue weighted by Crippen LogP contribution is 2.42. The Balaban J connectivity index is 1.86. The molecule has 0 bridgehead atoms. The van der Waals surface area contributed by atoms with E-state index in [1.165, 1.54) is 17.5 Å². The van der Waals surface area contributed by atoms with Crippen LogP contribution >= 0.6 is 0 Å². The monoisotopic (exact) mass is 281 g/mol. The molecule has 3 rings (SSSR count). The van der Waals surface area contributed by atoms with Gasteiger partial charge in [0.1, 0.15) is 0 Å². The second kappa shape index (κ2) is 5.53. The molecule has 2 heteroatoms. The van der Waals surface area contributed by atoms with E-state index in [9.17, 15) is 0 Å². The van der Waals surface area contributed by atoms with Crippen LogP contribution in [0.25, 0.3) is 0 Å². The van der Waals surface area contributed by atoms with Crippen molar-refractivity contribution in [2.75, 3.05) is 5.32 Å². The summed E-state index contributed by atoms with van der Waals surface area (Å²) in [5.41, 5.74) is 5.20. The highest BCUT2D eigenvalue weighted by Gasteiger charge is 2.32. The van der Waals surface area contributed by atoms with E-state index in [1.54, 1.807) is 0 Å². The third kappa shape index (κ3) is 2.81. The summed E-state index contributed by atoms with van der Waals surface area (Å²) in [4.78, 5) is 0. The SMILES string of the molecule is CC1(C)CCC(Nc2ccc(CO)cc2)c2ccccc21. The number of hydrogen-bond donors (Lipinski definition) is 2. The van der Waals surface area contributed by atoms with Gasteiger partial charge in [-0.15, -0.1) is 0 Å². The van der Waals surface area contributed by atoms with E-state index in [2.05, 4.69) is 43.4 Å². The quantitative estimate of drug-likeness (QED) is 0.873. The van der Waals surface area contributed by atoms with Gasteiger partial charge in [0.2, 0.25) is 0 Å². The molecule has 2 aromatic rings. The summed E-state index contributed by atoms with van der Waals surface area (Å²) in [6.45, 7) is 4.76. The normalized spacial score (nSPS) is 19.9. The first kappa shape index (κ1) is 14.2. The highest BCUT2D eigenvalue weighted by molar-refractivity contribution is 5.49. The summed E-state index contributed by atoms with van der Waals surface area (Å²) < 4.78 is 0. The molecule has 2 nitrogen and oxygen atoms in total. The van der Waals surface area contributed by atoms with Gasteiger partial charge in [-0.1, -0.05) is 50.2 Å². The molecule has 0 spiro atoms. The molecule has 0 aliphatic heterocycles. The van der Waals surface area contributed by atoms with Gasteiger partial charge in [0.25, 0.3) is 0 Å². The van der Waals surface area contributed by atoms with Gasteiger partial charge in [-0.2, -0.15) is 0 Å². The first-order valence-electron chi connectivity index (χ1n) is 7.66. The smallest absolute Gasteiger partial charge is 0.0681 e. The molecule has 21 heavy (non-hydrogen) atoms. The fourth-order valence-corrected chi connectivity index (χ4v) is 3.27. The van der Waals surface area contributed by atoms with Gasteiger partial charge in [0, 0.05) is 5.69 Å². The maximum absolute atomic E-state index is 9.12. The highest BCUT2D eigenvalue weighted by atomic mass is 16.3. The predicted octanol–water partition coefficient (Wildman–Crippen LogP) is 4.40. The summed E-state index contributed by atoms with van der Waals surface area (Å²) in [7, 11) is 0. The molecular formula is C19H23NO. The van der Waals surface area contributed by atoms with Crippen molar-refractivity contribution in [3.8, 4) is 0 Å². The standard InChI is InChI=1S/C19H23NO/c1-19(2)12-11-18(16-5-3-4-6-17(16)19)20-15-9-7-14(13-21)8-10-15/h3-10,18,20-21H,11-13H2,1-2H3. The van der Waals surface area contributed by atoms with Gasteiger partial charge in [0.05, 0.1) is 12.6 Å². The van der Waals surface area contributed by atoms with E-state index >= 15 is 0 Å². The van der Waals surface area contributed by atoms with Gasteiger partial charge >= 0.3 is 0 Å². The number of aliphatic hydroxyl groups is 1. The van der Waals surface area contributed by atoms with Crippen LogP contribution in [0.4, 0.5) is 5.69 Å². The molecule has 0 saturated heterocycles. The molecule has 2 N–H and O–H groups in total. The Morgan fingerprint density at radius 1 is 1.10 bits per heavy atom. The Morgan fingerprint density at radius 3 is 2.52 bits per heavy atom. The van der Waals surface area contributed by atoms with E-state index in [0.717, 1.165) is 17.7 Å². The molecule has 2 aromatic carbocycles. The minimum absolute atomic E-state index is 0.0979. The molecule has 0 fully saturated rings. The Labute approximate surface area is 126 Å². The third-order valence-corrected chi connectivity index (χ3v) is 4.60. The number of fused-ring (bicyclic) bond motifs is 1. The fourth-order valence-electron chi connectivity index (χ4n) is 3.27. The van der Waals surface area contributed by atoms with E-state index < -0.39 is 0 Å². The summed E-state index contributed by atoms with van der Waals surface area (Å²) in [6, 6.07) is 17.2. The largest absolute Gasteiger partial charge is 0.392 e. The van der Waals surface area contributed by atoms with Crippen molar-refractivity contribution >= 4 is 5.69 Å². The predicted molar refractivity (Wildman–Crippen MR) is 87.4 cm³/mol. The molecular weight excluding hydrogens is 258 g/mol. The van der Waals surface area contributed by atoms with E-state index in [0.29, 0.717) is 6.04 Å². The molecule has 0 radical (unpaired) electrons. The van der Waals surface area contributed by atoms with Crippen molar-refractivity contribution in [3.05, 3.63) is 65.2 Å². The maximum atomic E-state index is 9.12. The van der Waals surface area contributed by atoms with Crippen LogP contribution in [0.1, 0.15) is 49.4 Å². The van der Waals surface area contributed by atoms with Gasteiger partial charge < -0.3 is 10.4 Å². The van der Waals surface area contributed by atoms with Crippen molar-refractivity contribution in [1.29, 1.82) is 0 Å². The third-order valence-electron chi connectivity index (χ3n) is 4.60. The summed E-state index contributed by atoms with van der Waals surface area (Å²) in [5, 5.41) is 12.8. The second-order valence-corrected chi connectivity index (χ2v) is 6.56. The molecule has 0 amide bonds. The van der Waals surface area contributed by atoms with E-state index in [-0.39, 0.29) is 12.0 Å². The number of aliphatic hydroxyl groups excluding tert-OH is 1. The average Bonchev–Trinajstić information content (AvgIpc) is 2.51. The van der Waals surface area contributed by atoms with Crippen molar-refractivity contribution in [2.45, 2.75) is 44.8 Å². The minimum Gasteiger partial charge on any atom is -0.392 e.